The number of alkyl halides is 3. The molecule has 3 rings (SSSR count). The molecule has 1 atom stereocenters. The number of aliphatic hydroxyl groups excluding tert-OH is 1. The van der Waals surface area contributed by atoms with E-state index in [9.17, 15) is 22.7 Å². The molecular weight excluding hydrogens is 440 g/mol. The zero-order valence-corrected chi connectivity index (χ0v) is 18.0. The molecule has 0 radical (unpaired) electrons. The molecule has 0 bridgehead atoms. The van der Waals surface area contributed by atoms with Crippen LogP contribution in [-0.4, -0.2) is 34.1 Å². The lowest BCUT2D eigenvalue weighted by atomic mass is 10.1. The smallest absolute Gasteiger partial charge is 0.406 e. The van der Waals surface area contributed by atoms with Crippen LogP contribution in [0.2, 0.25) is 0 Å². The Morgan fingerprint density at radius 3 is 2.45 bits per heavy atom. The minimum absolute atomic E-state index is 0.0561. The van der Waals surface area contributed by atoms with Gasteiger partial charge in [-0.05, 0) is 24.1 Å². The summed E-state index contributed by atoms with van der Waals surface area (Å²) in [6, 6.07) is 12.9. The standard InChI is InChI=1S/C23H24F4N4O2/c1-14(2)20(13-32)30-22-29-19(15-7-5-8-17(10-15)33-23(25,26)27)11-21(31-22)28-12-16-6-3-4-9-18(16)24/h3-11,14,20,32H,12-13H2,1-2H3,(H2,28,29,30,31)/t20-/m1/s1. The summed E-state index contributed by atoms with van der Waals surface area (Å²) in [6.07, 6.45) is -4.82. The number of aliphatic hydroxyl groups is 1. The Morgan fingerprint density at radius 1 is 1.03 bits per heavy atom. The molecular formula is C23H24F4N4O2. The van der Waals surface area contributed by atoms with Gasteiger partial charge in [0, 0.05) is 23.7 Å². The number of nitrogens with one attached hydrogen (secondary N) is 2. The van der Waals surface area contributed by atoms with E-state index in [1.54, 1.807) is 30.3 Å². The van der Waals surface area contributed by atoms with Crippen LogP contribution in [0.1, 0.15) is 19.4 Å². The summed E-state index contributed by atoms with van der Waals surface area (Å²) >= 11 is 0. The lowest BCUT2D eigenvalue weighted by Gasteiger charge is -2.21. The van der Waals surface area contributed by atoms with Gasteiger partial charge in [0.1, 0.15) is 17.4 Å². The molecule has 0 aliphatic heterocycles. The molecule has 6 nitrogen and oxygen atoms in total. The van der Waals surface area contributed by atoms with Gasteiger partial charge in [-0.15, -0.1) is 13.2 Å². The Balaban J connectivity index is 1.95. The lowest BCUT2D eigenvalue weighted by Crippen LogP contribution is -2.30. The number of benzene rings is 2. The van der Waals surface area contributed by atoms with E-state index >= 15 is 0 Å². The van der Waals surface area contributed by atoms with E-state index < -0.39 is 6.36 Å². The average Bonchev–Trinajstić information content (AvgIpc) is 2.75. The quantitative estimate of drug-likeness (QED) is 0.377. The van der Waals surface area contributed by atoms with Gasteiger partial charge in [-0.1, -0.05) is 44.2 Å². The molecule has 0 saturated heterocycles. The minimum Gasteiger partial charge on any atom is -0.406 e. The lowest BCUT2D eigenvalue weighted by molar-refractivity contribution is -0.274. The molecule has 2 aromatic carbocycles. The van der Waals surface area contributed by atoms with Gasteiger partial charge in [0.2, 0.25) is 5.95 Å². The van der Waals surface area contributed by atoms with Crippen molar-refractivity contribution in [3.05, 3.63) is 66.0 Å². The molecule has 1 heterocycles. The van der Waals surface area contributed by atoms with E-state index in [1.807, 2.05) is 13.8 Å². The van der Waals surface area contributed by atoms with Crippen LogP contribution in [0.3, 0.4) is 0 Å². The fourth-order valence-electron chi connectivity index (χ4n) is 3.02. The SMILES string of the molecule is CC(C)[C@@H](CO)Nc1nc(NCc2ccccc2F)cc(-c2cccc(OC(F)(F)F)c2)n1. The number of hydrogen-bond acceptors (Lipinski definition) is 6. The highest BCUT2D eigenvalue weighted by Crippen LogP contribution is 2.29. The summed E-state index contributed by atoms with van der Waals surface area (Å²) in [5, 5.41) is 15.7. The molecule has 0 aliphatic rings. The van der Waals surface area contributed by atoms with Crippen molar-refractivity contribution in [3.8, 4) is 17.0 Å². The van der Waals surface area contributed by atoms with Crippen molar-refractivity contribution in [1.29, 1.82) is 0 Å². The fraction of sp³-hybridized carbons (Fsp3) is 0.304. The van der Waals surface area contributed by atoms with Crippen molar-refractivity contribution in [1.82, 2.24) is 9.97 Å². The first-order valence-electron chi connectivity index (χ1n) is 10.2. The summed E-state index contributed by atoms with van der Waals surface area (Å²) in [4.78, 5) is 8.78. The van der Waals surface area contributed by atoms with Gasteiger partial charge in [0.05, 0.1) is 18.3 Å². The molecule has 0 saturated carbocycles. The Bertz CT molecular complexity index is 1080. The second-order valence-electron chi connectivity index (χ2n) is 7.66. The van der Waals surface area contributed by atoms with Crippen molar-refractivity contribution < 1.29 is 27.4 Å². The number of rotatable bonds is 9. The highest BCUT2D eigenvalue weighted by Gasteiger charge is 2.31. The largest absolute Gasteiger partial charge is 0.573 e. The summed E-state index contributed by atoms with van der Waals surface area (Å²) in [5.74, 6) is -0.216. The molecule has 33 heavy (non-hydrogen) atoms. The third-order valence-electron chi connectivity index (χ3n) is 4.82. The number of halogens is 4. The van der Waals surface area contributed by atoms with Gasteiger partial charge >= 0.3 is 6.36 Å². The van der Waals surface area contributed by atoms with Crippen molar-refractivity contribution in [2.24, 2.45) is 5.92 Å². The maximum absolute atomic E-state index is 14.0. The number of hydrogen-bond donors (Lipinski definition) is 3. The van der Waals surface area contributed by atoms with Gasteiger partial charge in [-0.2, -0.15) is 4.98 Å². The molecule has 176 valence electrons. The van der Waals surface area contributed by atoms with Crippen LogP contribution in [0.5, 0.6) is 5.75 Å². The summed E-state index contributed by atoms with van der Waals surface area (Å²) in [5.41, 5.74) is 1.10. The minimum atomic E-state index is -4.82. The van der Waals surface area contributed by atoms with E-state index in [2.05, 4.69) is 25.3 Å². The van der Waals surface area contributed by atoms with Crippen LogP contribution < -0.4 is 15.4 Å². The van der Waals surface area contributed by atoms with Crippen LogP contribution in [0.15, 0.2) is 54.6 Å². The maximum atomic E-state index is 14.0. The predicted molar refractivity (Wildman–Crippen MR) is 117 cm³/mol. The van der Waals surface area contributed by atoms with Crippen LogP contribution in [-0.2, 0) is 6.54 Å². The third kappa shape index (κ3) is 7.04. The molecule has 0 fully saturated rings. The highest BCUT2D eigenvalue weighted by atomic mass is 19.4. The normalized spacial score (nSPS) is 12.5. The molecule has 0 aliphatic carbocycles. The van der Waals surface area contributed by atoms with Crippen molar-refractivity contribution in [2.75, 3.05) is 17.2 Å². The Labute approximate surface area is 188 Å². The monoisotopic (exact) mass is 464 g/mol. The summed E-state index contributed by atoms with van der Waals surface area (Å²) in [7, 11) is 0. The molecule has 3 N–H and O–H groups in total. The Morgan fingerprint density at radius 2 is 1.79 bits per heavy atom. The van der Waals surface area contributed by atoms with Crippen LogP contribution in [0, 0.1) is 11.7 Å². The maximum Gasteiger partial charge on any atom is 0.573 e. The number of ether oxygens (including phenoxy) is 1. The van der Waals surface area contributed by atoms with E-state index in [4.69, 9.17) is 0 Å². The van der Waals surface area contributed by atoms with E-state index in [-0.39, 0.29) is 42.6 Å². The molecule has 0 unspecified atom stereocenters. The van der Waals surface area contributed by atoms with E-state index in [0.29, 0.717) is 22.6 Å². The Hall–Kier alpha value is -3.40. The van der Waals surface area contributed by atoms with Crippen LogP contribution in [0.4, 0.5) is 29.3 Å². The van der Waals surface area contributed by atoms with E-state index in [0.717, 1.165) is 0 Å². The predicted octanol–water partition coefficient (Wildman–Crippen LogP) is 5.22. The zero-order valence-electron chi connectivity index (χ0n) is 18.0. The van der Waals surface area contributed by atoms with Gasteiger partial charge in [-0.3, -0.25) is 0 Å². The zero-order chi connectivity index (χ0) is 24.0. The van der Waals surface area contributed by atoms with Crippen LogP contribution >= 0.6 is 0 Å². The summed E-state index contributed by atoms with van der Waals surface area (Å²) < 4.78 is 55.9. The van der Waals surface area contributed by atoms with Gasteiger partial charge < -0.3 is 20.5 Å². The van der Waals surface area contributed by atoms with E-state index in [1.165, 1.54) is 24.3 Å². The average molecular weight is 464 g/mol. The highest BCUT2D eigenvalue weighted by molar-refractivity contribution is 5.66. The van der Waals surface area contributed by atoms with Gasteiger partial charge in [-0.25, -0.2) is 9.37 Å². The van der Waals surface area contributed by atoms with Crippen molar-refractivity contribution in [2.45, 2.75) is 32.8 Å². The third-order valence-corrected chi connectivity index (χ3v) is 4.82. The fourth-order valence-corrected chi connectivity index (χ4v) is 3.02. The first-order chi connectivity index (χ1) is 15.6. The topological polar surface area (TPSA) is 79.3 Å². The summed E-state index contributed by atoms with van der Waals surface area (Å²) in [6.45, 7) is 3.78. The second-order valence-corrected chi connectivity index (χ2v) is 7.66. The van der Waals surface area contributed by atoms with Gasteiger partial charge in [0.25, 0.3) is 0 Å². The second kappa shape index (κ2) is 10.5. The first-order valence-corrected chi connectivity index (χ1v) is 10.2. The first kappa shape index (κ1) is 24.2. The number of nitrogens with zero attached hydrogens (tertiary/aromatic N) is 2. The molecule has 3 aromatic rings. The molecule has 1 aromatic heterocycles. The van der Waals surface area contributed by atoms with Crippen molar-refractivity contribution >= 4 is 11.8 Å². The Kier molecular flexibility index (Phi) is 7.70. The molecule has 10 heteroatoms. The number of anilines is 2. The van der Waals surface area contributed by atoms with Crippen molar-refractivity contribution in [3.63, 3.8) is 0 Å². The molecule has 0 amide bonds. The molecule has 0 spiro atoms. The number of aromatic nitrogens is 2. The van der Waals surface area contributed by atoms with Gasteiger partial charge in [0.15, 0.2) is 0 Å². The van der Waals surface area contributed by atoms with Crippen LogP contribution in [0.25, 0.3) is 11.3 Å².